The average molecular weight is 166 g/mol. The van der Waals surface area contributed by atoms with Gasteiger partial charge in [0.15, 0.2) is 0 Å². The summed E-state index contributed by atoms with van der Waals surface area (Å²) in [5.74, 6) is 7.86. The Bertz CT molecular complexity index is 145. The van der Waals surface area contributed by atoms with Crippen LogP contribution in [0.4, 0.5) is 0 Å². The monoisotopic (exact) mass is 166 g/mol. The van der Waals surface area contributed by atoms with E-state index < -0.39 is 0 Å². The Labute approximate surface area is 77.8 Å². The molecule has 0 aliphatic rings. The molecule has 0 aliphatic heterocycles. The van der Waals surface area contributed by atoms with Gasteiger partial charge in [-0.05, 0) is 12.3 Å². The topological polar surface area (TPSA) is 0 Å². The summed E-state index contributed by atoms with van der Waals surface area (Å²) >= 11 is 0. The Balaban J connectivity index is 3.49. The molecular weight excluding hydrogens is 144 g/mol. The van der Waals surface area contributed by atoms with E-state index in [1.165, 1.54) is 19.3 Å². The van der Waals surface area contributed by atoms with Crippen LogP contribution in [-0.4, -0.2) is 0 Å². The van der Waals surface area contributed by atoms with E-state index in [-0.39, 0.29) is 0 Å². The van der Waals surface area contributed by atoms with E-state index in [0.29, 0.717) is 5.92 Å². The van der Waals surface area contributed by atoms with Gasteiger partial charge in [-0.2, -0.15) is 0 Å². The lowest BCUT2D eigenvalue weighted by Crippen LogP contribution is -1.90. The lowest BCUT2D eigenvalue weighted by atomic mass is 10.0. The van der Waals surface area contributed by atoms with Crippen LogP contribution < -0.4 is 0 Å². The number of unbranched alkanes of at least 4 members (excludes halogenated alkanes) is 1. The quantitative estimate of drug-likeness (QED) is 0.556. The highest BCUT2D eigenvalue weighted by Crippen LogP contribution is 2.06. The molecule has 0 aromatic rings. The summed E-state index contributed by atoms with van der Waals surface area (Å²) in [5, 5.41) is 0. The van der Waals surface area contributed by atoms with Crippen LogP contribution in [0.25, 0.3) is 0 Å². The fourth-order valence-electron chi connectivity index (χ4n) is 1.02. The molecule has 0 N–H and O–H groups in total. The highest BCUT2D eigenvalue weighted by molar-refractivity contribution is 5.02. The van der Waals surface area contributed by atoms with Crippen molar-refractivity contribution in [3.8, 4) is 11.8 Å². The molecule has 70 valence electrons. The second-order valence-electron chi connectivity index (χ2n) is 3.96. The minimum absolute atomic E-state index is 0.601. The third kappa shape index (κ3) is 7.66. The molecule has 0 heterocycles. The van der Waals surface area contributed by atoms with Gasteiger partial charge in [-0.3, -0.25) is 0 Å². The van der Waals surface area contributed by atoms with Gasteiger partial charge in [0.25, 0.3) is 0 Å². The van der Waals surface area contributed by atoms with Crippen LogP contribution in [0.1, 0.15) is 53.4 Å². The largest absolute Gasteiger partial charge is 0.103 e. The maximum Gasteiger partial charge on any atom is 0.0174 e. The minimum Gasteiger partial charge on any atom is -0.103 e. The zero-order valence-electron chi connectivity index (χ0n) is 8.98. The van der Waals surface area contributed by atoms with Crippen molar-refractivity contribution in [2.75, 3.05) is 0 Å². The van der Waals surface area contributed by atoms with Gasteiger partial charge in [-0.25, -0.2) is 0 Å². The molecule has 0 heteroatoms. The van der Waals surface area contributed by atoms with Crippen molar-refractivity contribution >= 4 is 0 Å². The summed E-state index contributed by atoms with van der Waals surface area (Å²) in [6.07, 6.45) is 4.92. The standard InChI is InChI=1S/C12H22/c1-5-6-9-12(4)10-7-8-11(2)3/h11-12H,5-6,8-9H2,1-4H3. The molecule has 0 saturated carbocycles. The normalized spacial score (nSPS) is 12.4. The summed E-state index contributed by atoms with van der Waals surface area (Å²) < 4.78 is 0. The van der Waals surface area contributed by atoms with Gasteiger partial charge >= 0.3 is 0 Å². The van der Waals surface area contributed by atoms with Crippen molar-refractivity contribution < 1.29 is 0 Å². The molecule has 0 aliphatic carbocycles. The first kappa shape index (κ1) is 11.6. The van der Waals surface area contributed by atoms with Crippen LogP contribution in [0, 0.1) is 23.7 Å². The Morgan fingerprint density at radius 2 is 1.83 bits per heavy atom. The van der Waals surface area contributed by atoms with Crippen LogP contribution in [0.5, 0.6) is 0 Å². The molecular formula is C12H22. The van der Waals surface area contributed by atoms with Crippen molar-refractivity contribution in [2.45, 2.75) is 53.4 Å². The highest BCUT2D eigenvalue weighted by Gasteiger charge is 1.94. The molecule has 0 fully saturated rings. The van der Waals surface area contributed by atoms with Gasteiger partial charge < -0.3 is 0 Å². The smallest absolute Gasteiger partial charge is 0.0174 e. The summed E-state index contributed by atoms with van der Waals surface area (Å²) in [6.45, 7) is 8.88. The van der Waals surface area contributed by atoms with Crippen LogP contribution in [-0.2, 0) is 0 Å². The SMILES string of the molecule is CCCCC(C)C#CCC(C)C. The van der Waals surface area contributed by atoms with Crippen molar-refractivity contribution in [1.29, 1.82) is 0 Å². The average Bonchev–Trinajstić information content (AvgIpc) is 2.00. The molecule has 0 aromatic carbocycles. The van der Waals surface area contributed by atoms with Crippen molar-refractivity contribution in [2.24, 2.45) is 11.8 Å². The number of hydrogen-bond donors (Lipinski definition) is 0. The van der Waals surface area contributed by atoms with Crippen LogP contribution in [0.15, 0.2) is 0 Å². The Morgan fingerprint density at radius 1 is 1.17 bits per heavy atom. The van der Waals surface area contributed by atoms with E-state index in [1.807, 2.05) is 0 Å². The minimum atomic E-state index is 0.601. The molecule has 12 heavy (non-hydrogen) atoms. The molecule has 1 atom stereocenters. The van der Waals surface area contributed by atoms with E-state index in [4.69, 9.17) is 0 Å². The molecule has 0 amide bonds. The van der Waals surface area contributed by atoms with Gasteiger partial charge in [0.05, 0.1) is 0 Å². The number of hydrogen-bond acceptors (Lipinski definition) is 0. The predicted molar refractivity (Wildman–Crippen MR) is 55.9 cm³/mol. The first-order valence-corrected chi connectivity index (χ1v) is 5.15. The third-order valence-electron chi connectivity index (χ3n) is 1.85. The van der Waals surface area contributed by atoms with Crippen molar-refractivity contribution in [1.82, 2.24) is 0 Å². The van der Waals surface area contributed by atoms with Gasteiger partial charge in [0.1, 0.15) is 0 Å². The third-order valence-corrected chi connectivity index (χ3v) is 1.85. The van der Waals surface area contributed by atoms with Gasteiger partial charge in [-0.15, -0.1) is 11.8 Å². The molecule has 0 bridgehead atoms. The molecule has 0 spiro atoms. The Morgan fingerprint density at radius 3 is 2.33 bits per heavy atom. The predicted octanol–water partition coefficient (Wildman–Crippen LogP) is 3.86. The molecule has 0 aromatic heterocycles. The lowest BCUT2D eigenvalue weighted by Gasteiger charge is -2.01. The Kier molecular flexibility index (Phi) is 6.96. The molecule has 0 rings (SSSR count). The van der Waals surface area contributed by atoms with Crippen LogP contribution in [0.3, 0.4) is 0 Å². The summed E-state index contributed by atoms with van der Waals surface area (Å²) in [5.41, 5.74) is 0. The fourth-order valence-corrected chi connectivity index (χ4v) is 1.02. The zero-order valence-corrected chi connectivity index (χ0v) is 8.98. The zero-order chi connectivity index (χ0) is 9.40. The van der Waals surface area contributed by atoms with E-state index in [2.05, 4.69) is 39.5 Å². The van der Waals surface area contributed by atoms with Gasteiger partial charge in [0, 0.05) is 12.3 Å². The van der Waals surface area contributed by atoms with Crippen LogP contribution >= 0.6 is 0 Å². The summed E-state index contributed by atoms with van der Waals surface area (Å²) in [4.78, 5) is 0. The first-order valence-electron chi connectivity index (χ1n) is 5.15. The first-order chi connectivity index (χ1) is 5.66. The summed E-state index contributed by atoms with van der Waals surface area (Å²) in [7, 11) is 0. The molecule has 0 nitrogen and oxygen atoms in total. The van der Waals surface area contributed by atoms with Crippen molar-refractivity contribution in [3.05, 3.63) is 0 Å². The van der Waals surface area contributed by atoms with Gasteiger partial charge in [-0.1, -0.05) is 40.5 Å². The van der Waals surface area contributed by atoms with Crippen LogP contribution in [0.2, 0.25) is 0 Å². The summed E-state index contributed by atoms with van der Waals surface area (Å²) in [6, 6.07) is 0. The van der Waals surface area contributed by atoms with E-state index in [9.17, 15) is 0 Å². The number of rotatable bonds is 4. The maximum atomic E-state index is 3.30. The Hall–Kier alpha value is -0.440. The molecule has 1 unspecified atom stereocenters. The van der Waals surface area contributed by atoms with E-state index in [0.717, 1.165) is 12.3 Å². The van der Waals surface area contributed by atoms with Crippen molar-refractivity contribution in [3.63, 3.8) is 0 Å². The highest BCUT2D eigenvalue weighted by atomic mass is 14.0. The molecule has 0 radical (unpaired) electrons. The molecule has 0 saturated heterocycles. The second-order valence-corrected chi connectivity index (χ2v) is 3.96. The lowest BCUT2D eigenvalue weighted by molar-refractivity contribution is 0.611. The van der Waals surface area contributed by atoms with E-state index in [1.54, 1.807) is 0 Å². The second kappa shape index (κ2) is 7.22. The maximum absolute atomic E-state index is 3.30. The van der Waals surface area contributed by atoms with Gasteiger partial charge in [0.2, 0.25) is 0 Å². The fraction of sp³-hybridized carbons (Fsp3) is 0.833. The van der Waals surface area contributed by atoms with E-state index >= 15 is 0 Å².